The molecule has 2 fully saturated rings. The van der Waals surface area contributed by atoms with Gasteiger partial charge in [0.15, 0.2) is 0 Å². The Hall–Kier alpha value is -1.99. The lowest BCUT2D eigenvalue weighted by Gasteiger charge is -2.21. The fourth-order valence-electron chi connectivity index (χ4n) is 4.25. The van der Waals surface area contributed by atoms with Gasteiger partial charge in [0.25, 0.3) is 0 Å². The Bertz CT molecular complexity index is 788. The Morgan fingerprint density at radius 1 is 1.29 bits per heavy atom. The highest BCUT2D eigenvalue weighted by atomic mass is 32.1. The number of aromatic nitrogens is 2. The Balaban J connectivity index is 1.56. The molecule has 28 heavy (non-hydrogen) atoms. The van der Waals surface area contributed by atoms with Crippen LogP contribution in [-0.2, 0) is 11.3 Å². The second-order valence-corrected chi connectivity index (χ2v) is 8.96. The van der Waals surface area contributed by atoms with E-state index in [0.29, 0.717) is 0 Å². The fourth-order valence-corrected chi connectivity index (χ4v) is 4.91. The van der Waals surface area contributed by atoms with Crippen LogP contribution in [0, 0.1) is 5.92 Å². The van der Waals surface area contributed by atoms with Crippen LogP contribution in [0.5, 0.6) is 0 Å². The van der Waals surface area contributed by atoms with E-state index >= 15 is 0 Å². The van der Waals surface area contributed by atoms with Crippen LogP contribution >= 0.6 is 11.3 Å². The van der Waals surface area contributed by atoms with Gasteiger partial charge < -0.3 is 10.2 Å². The molecule has 0 spiro atoms. The third-order valence-corrected chi connectivity index (χ3v) is 6.31. The van der Waals surface area contributed by atoms with Gasteiger partial charge in [0.05, 0.1) is 11.6 Å². The summed E-state index contributed by atoms with van der Waals surface area (Å²) in [6, 6.07) is 4.30. The van der Waals surface area contributed by atoms with Crippen LogP contribution < -0.4 is 10.2 Å². The number of carbonyl (C=O) groups excluding carboxylic acids is 1. The molecule has 0 aliphatic carbocycles. The van der Waals surface area contributed by atoms with Crippen LogP contribution in [0.25, 0.3) is 0 Å². The lowest BCUT2D eigenvalue weighted by Crippen LogP contribution is -2.38. The molecule has 2 saturated heterocycles. The Kier molecular flexibility index (Phi) is 5.92. The first kappa shape index (κ1) is 19.3. The third kappa shape index (κ3) is 4.36. The molecule has 2 aromatic rings. The molecule has 0 unspecified atom stereocenters. The summed E-state index contributed by atoms with van der Waals surface area (Å²) >= 11 is 1.72. The van der Waals surface area contributed by atoms with Gasteiger partial charge in [0.1, 0.15) is 0 Å². The maximum Gasteiger partial charge on any atom is 0.225 e. The van der Waals surface area contributed by atoms with E-state index < -0.39 is 0 Å². The monoisotopic (exact) mass is 399 g/mol. The molecule has 2 aromatic heterocycles. The van der Waals surface area contributed by atoms with Crippen molar-refractivity contribution in [2.24, 2.45) is 5.92 Å². The number of amides is 1. The predicted octanol–water partition coefficient (Wildman–Crippen LogP) is 2.88. The number of hydrogen-bond donors (Lipinski definition) is 1. The largest absolute Gasteiger partial charge is 0.354 e. The first-order valence-corrected chi connectivity index (χ1v) is 11.2. The lowest BCUT2D eigenvalue weighted by atomic mass is 9.91. The normalized spacial score (nSPS) is 22.9. The van der Waals surface area contributed by atoms with E-state index in [9.17, 15) is 4.79 Å². The van der Waals surface area contributed by atoms with Crippen LogP contribution in [0.3, 0.4) is 0 Å². The molecule has 2 aliphatic heterocycles. The summed E-state index contributed by atoms with van der Waals surface area (Å²) in [5.41, 5.74) is 2.31. The minimum atomic E-state index is -0.0811. The number of nitrogens with zero attached hydrogens (tertiary/aromatic N) is 4. The Labute approximate surface area is 171 Å². The molecule has 4 rings (SSSR count). The molecule has 6 nitrogen and oxygen atoms in total. The van der Waals surface area contributed by atoms with E-state index in [1.165, 1.54) is 18.4 Å². The van der Waals surface area contributed by atoms with Gasteiger partial charge in [-0.3, -0.25) is 9.69 Å². The molecule has 2 atom stereocenters. The SMILES string of the molecule is CC(C)NC(=O)[C@H]1CN(Cc2ccsc2)C[C@@H]1c1ccnc(N2CCCC2)n1. The van der Waals surface area contributed by atoms with Crippen molar-refractivity contribution in [3.8, 4) is 0 Å². The summed E-state index contributed by atoms with van der Waals surface area (Å²) in [6.07, 6.45) is 4.25. The van der Waals surface area contributed by atoms with Gasteiger partial charge in [-0.1, -0.05) is 0 Å². The van der Waals surface area contributed by atoms with Gasteiger partial charge in [-0.15, -0.1) is 0 Å². The van der Waals surface area contributed by atoms with E-state index in [4.69, 9.17) is 4.98 Å². The first-order valence-electron chi connectivity index (χ1n) is 10.2. The van der Waals surface area contributed by atoms with Gasteiger partial charge in [-0.05, 0) is 55.1 Å². The summed E-state index contributed by atoms with van der Waals surface area (Å²) in [7, 11) is 0. The average Bonchev–Trinajstić information content (AvgIpc) is 3.43. The van der Waals surface area contributed by atoms with E-state index in [1.54, 1.807) is 11.3 Å². The van der Waals surface area contributed by atoms with E-state index in [1.807, 2.05) is 26.1 Å². The standard InChI is InChI=1S/C21H29N5OS/c1-15(2)23-20(27)18-13-25(11-16-6-10-28-14-16)12-17(18)19-5-7-22-21(24-19)26-8-3-4-9-26/h5-7,10,14-15,17-18H,3-4,8-9,11-13H2,1-2H3,(H,23,27)/t17-,18-/m0/s1. The predicted molar refractivity (Wildman–Crippen MR) is 113 cm³/mol. The van der Waals surface area contributed by atoms with Crippen LogP contribution in [0.4, 0.5) is 5.95 Å². The number of rotatable bonds is 6. The maximum atomic E-state index is 12.9. The van der Waals surface area contributed by atoms with Crippen molar-refractivity contribution in [2.75, 3.05) is 31.1 Å². The number of carbonyl (C=O) groups is 1. The van der Waals surface area contributed by atoms with E-state index in [-0.39, 0.29) is 23.8 Å². The zero-order chi connectivity index (χ0) is 19.5. The van der Waals surface area contributed by atoms with E-state index in [2.05, 4.69) is 36.9 Å². The molecule has 4 heterocycles. The number of likely N-dealkylation sites (tertiary alicyclic amines) is 1. The molecule has 1 amide bonds. The molecule has 1 N–H and O–H groups in total. The van der Waals surface area contributed by atoms with Gasteiger partial charge in [0.2, 0.25) is 11.9 Å². The second-order valence-electron chi connectivity index (χ2n) is 8.18. The fraction of sp³-hybridized carbons (Fsp3) is 0.571. The molecule has 0 bridgehead atoms. The average molecular weight is 400 g/mol. The minimum absolute atomic E-state index is 0.0811. The molecule has 2 aliphatic rings. The topological polar surface area (TPSA) is 61.4 Å². The van der Waals surface area contributed by atoms with Crippen LogP contribution in [0.1, 0.15) is 43.9 Å². The smallest absolute Gasteiger partial charge is 0.225 e. The summed E-state index contributed by atoms with van der Waals surface area (Å²) in [5.74, 6) is 0.965. The van der Waals surface area contributed by atoms with Gasteiger partial charge in [-0.25, -0.2) is 9.97 Å². The zero-order valence-electron chi connectivity index (χ0n) is 16.7. The Morgan fingerprint density at radius 2 is 2.11 bits per heavy atom. The quantitative estimate of drug-likeness (QED) is 0.809. The summed E-state index contributed by atoms with van der Waals surface area (Å²) in [6.45, 7) is 8.58. The Morgan fingerprint density at radius 3 is 2.82 bits per heavy atom. The summed E-state index contributed by atoms with van der Waals surface area (Å²) < 4.78 is 0. The van der Waals surface area contributed by atoms with Crippen LogP contribution in [0.2, 0.25) is 0 Å². The van der Waals surface area contributed by atoms with Gasteiger partial charge in [0, 0.05) is 50.9 Å². The molecular weight excluding hydrogens is 370 g/mol. The zero-order valence-corrected chi connectivity index (χ0v) is 17.5. The van der Waals surface area contributed by atoms with Crippen molar-refractivity contribution < 1.29 is 4.79 Å². The van der Waals surface area contributed by atoms with E-state index in [0.717, 1.165) is 44.4 Å². The van der Waals surface area contributed by atoms with Crippen molar-refractivity contribution in [1.29, 1.82) is 0 Å². The highest BCUT2D eigenvalue weighted by molar-refractivity contribution is 7.07. The second kappa shape index (κ2) is 8.57. The third-order valence-electron chi connectivity index (χ3n) is 5.58. The maximum absolute atomic E-state index is 12.9. The number of hydrogen-bond acceptors (Lipinski definition) is 6. The van der Waals surface area contributed by atoms with Crippen LogP contribution in [0.15, 0.2) is 29.1 Å². The van der Waals surface area contributed by atoms with Crippen molar-refractivity contribution >= 4 is 23.2 Å². The van der Waals surface area contributed by atoms with Gasteiger partial charge in [-0.2, -0.15) is 11.3 Å². The lowest BCUT2D eigenvalue weighted by molar-refractivity contribution is -0.125. The number of thiophene rings is 1. The molecule has 0 saturated carbocycles. The van der Waals surface area contributed by atoms with Crippen LogP contribution in [-0.4, -0.2) is 53.0 Å². The minimum Gasteiger partial charge on any atom is -0.354 e. The number of anilines is 1. The van der Waals surface area contributed by atoms with Crippen molar-refractivity contribution in [3.63, 3.8) is 0 Å². The first-order chi connectivity index (χ1) is 13.6. The molecule has 7 heteroatoms. The highest BCUT2D eigenvalue weighted by Gasteiger charge is 2.39. The molecule has 0 radical (unpaired) electrons. The van der Waals surface area contributed by atoms with Crippen molar-refractivity contribution in [2.45, 2.75) is 45.2 Å². The summed E-state index contributed by atoms with van der Waals surface area (Å²) in [4.78, 5) is 27.0. The molecule has 0 aromatic carbocycles. The highest BCUT2D eigenvalue weighted by Crippen LogP contribution is 2.34. The van der Waals surface area contributed by atoms with Gasteiger partial charge >= 0.3 is 0 Å². The summed E-state index contributed by atoms with van der Waals surface area (Å²) in [5, 5.41) is 7.41. The van der Waals surface area contributed by atoms with Crippen molar-refractivity contribution in [1.82, 2.24) is 20.2 Å². The van der Waals surface area contributed by atoms with Crippen molar-refractivity contribution in [3.05, 3.63) is 40.3 Å². The number of nitrogens with one attached hydrogen (secondary N) is 1. The molecular formula is C21H29N5OS. The molecule has 150 valence electrons.